The fraction of sp³-hybridized carbons (Fsp3) is 0.500. The van der Waals surface area contributed by atoms with Crippen LogP contribution in [0.15, 0.2) is 33.9 Å². The molecule has 0 radical (unpaired) electrons. The van der Waals surface area contributed by atoms with Crippen LogP contribution in [-0.2, 0) is 4.79 Å². The molecule has 0 bridgehead atoms. The van der Waals surface area contributed by atoms with Gasteiger partial charge in [0.25, 0.3) is 10.9 Å². The molecule has 0 aliphatic rings. The van der Waals surface area contributed by atoms with Crippen molar-refractivity contribution in [3.63, 3.8) is 0 Å². The first-order valence-electron chi connectivity index (χ1n) is 9.01. The lowest BCUT2D eigenvalue weighted by Gasteiger charge is -2.14. The van der Waals surface area contributed by atoms with Crippen molar-refractivity contribution in [1.82, 2.24) is 15.5 Å². The molecular formula is C18H24N4O4S. The molecule has 146 valence electrons. The van der Waals surface area contributed by atoms with E-state index in [1.165, 1.54) is 18.6 Å². The highest BCUT2D eigenvalue weighted by molar-refractivity contribution is 7.99. The van der Waals surface area contributed by atoms with Crippen molar-refractivity contribution in [3.05, 3.63) is 34.4 Å². The van der Waals surface area contributed by atoms with E-state index in [4.69, 9.17) is 4.42 Å². The molecule has 0 aliphatic heterocycles. The topological polar surface area (TPSA) is 111 Å². The summed E-state index contributed by atoms with van der Waals surface area (Å²) in [6.07, 6.45) is 4.50. The zero-order chi connectivity index (χ0) is 19.6. The number of carbonyl (C=O) groups excluding carboxylic acids is 1. The van der Waals surface area contributed by atoms with Crippen LogP contribution in [0, 0.1) is 16.0 Å². The van der Waals surface area contributed by atoms with Gasteiger partial charge in [0, 0.05) is 24.2 Å². The monoisotopic (exact) mass is 392 g/mol. The Bertz CT molecular complexity index is 765. The zero-order valence-electron chi connectivity index (χ0n) is 15.5. The van der Waals surface area contributed by atoms with Crippen LogP contribution in [0.2, 0.25) is 0 Å². The Morgan fingerprint density at radius 2 is 2.19 bits per heavy atom. The molecule has 8 nitrogen and oxygen atoms in total. The van der Waals surface area contributed by atoms with Gasteiger partial charge in [-0.05, 0) is 18.4 Å². The molecule has 9 heteroatoms. The highest BCUT2D eigenvalue weighted by Gasteiger charge is 2.14. The van der Waals surface area contributed by atoms with Crippen LogP contribution in [0.1, 0.15) is 39.5 Å². The van der Waals surface area contributed by atoms with Gasteiger partial charge >= 0.3 is 0 Å². The fourth-order valence-corrected chi connectivity index (χ4v) is 3.11. The van der Waals surface area contributed by atoms with Crippen LogP contribution in [0.5, 0.6) is 0 Å². The van der Waals surface area contributed by atoms with Gasteiger partial charge in [0.2, 0.25) is 11.8 Å². The average molecular weight is 392 g/mol. The van der Waals surface area contributed by atoms with Gasteiger partial charge in [0.15, 0.2) is 0 Å². The maximum atomic E-state index is 12.0. The molecule has 0 unspecified atom stereocenters. The molecule has 0 spiro atoms. The number of nitrogens with zero attached hydrogens (tertiary/aromatic N) is 3. The number of hydrogen-bond acceptors (Lipinski definition) is 7. The summed E-state index contributed by atoms with van der Waals surface area (Å²) in [5.41, 5.74) is 0.419. The Morgan fingerprint density at radius 1 is 1.37 bits per heavy atom. The third-order valence-corrected chi connectivity index (χ3v) is 4.99. The van der Waals surface area contributed by atoms with Gasteiger partial charge in [-0.1, -0.05) is 50.9 Å². The normalized spacial score (nSPS) is 11.9. The minimum absolute atomic E-state index is 0.0483. The molecule has 1 atom stereocenters. The number of benzene rings is 1. The standard InChI is InChI=1S/C18H24N4O4S/c1-3-5-7-13(4-2)11-19-16(23)12-27-18-21-20-17(26-18)14-8-6-9-15(10-14)22(24)25/h6,8-10,13H,3-5,7,11-12H2,1-2H3,(H,19,23)/t13-/m0/s1. The van der Waals surface area contributed by atoms with Gasteiger partial charge < -0.3 is 9.73 Å². The molecule has 1 aromatic carbocycles. The third kappa shape index (κ3) is 6.67. The summed E-state index contributed by atoms with van der Waals surface area (Å²) in [5, 5.41) is 21.8. The van der Waals surface area contributed by atoms with Crippen molar-refractivity contribution >= 4 is 23.4 Å². The number of nitro benzene ring substituents is 1. The number of unbranched alkanes of at least 4 members (excludes halogenated alkanes) is 1. The van der Waals surface area contributed by atoms with Gasteiger partial charge in [-0.3, -0.25) is 14.9 Å². The quantitative estimate of drug-likeness (QED) is 0.348. The van der Waals surface area contributed by atoms with E-state index in [0.717, 1.165) is 31.0 Å². The average Bonchev–Trinajstić information content (AvgIpc) is 3.15. The molecule has 1 aromatic heterocycles. The van der Waals surface area contributed by atoms with Crippen LogP contribution in [0.4, 0.5) is 5.69 Å². The number of aromatic nitrogens is 2. The molecule has 1 amide bonds. The number of carbonyl (C=O) groups is 1. The lowest BCUT2D eigenvalue weighted by atomic mass is 9.99. The number of rotatable bonds is 11. The molecule has 1 N–H and O–H groups in total. The number of nitrogens with one attached hydrogen (secondary N) is 1. The van der Waals surface area contributed by atoms with Crippen LogP contribution in [0.3, 0.4) is 0 Å². The maximum absolute atomic E-state index is 12.0. The minimum atomic E-state index is -0.482. The van der Waals surface area contributed by atoms with E-state index in [-0.39, 0.29) is 28.5 Å². The van der Waals surface area contributed by atoms with Gasteiger partial charge in [0.1, 0.15) is 0 Å². The van der Waals surface area contributed by atoms with E-state index in [1.54, 1.807) is 12.1 Å². The van der Waals surface area contributed by atoms with Crippen LogP contribution in [0.25, 0.3) is 11.5 Å². The predicted octanol–water partition coefficient (Wildman–Crippen LogP) is 4.07. The predicted molar refractivity (Wildman–Crippen MR) is 103 cm³/mol. The molecule has 0 aliphatic carbocycles. The SMILES string of the molecule is CCCC[C@H](CC)CNC(=O)CSc1nnc(-c2cccc([N+](=O)[O-])c2)o1. The lowest BCUT2D eigenvalue weighted by Crippen LogP contribution is -2.30. The summed E-state index contributed by atoms with van der Waals surface area (Å²) in [6, 6.07) is 5.98. The van der Waals surface area contributed by atoms with Crippen molar-refractivity contribution in [1.29, 1.82) is 0 Å². The summed E-state index contributed by atoms with van der Waals surface area (Å²) < 4.78 is 5.49. The van der Waals surface area contributed by atoms with Crippen molar-refractivity contribution in [2.75, 3.05) is 12.3 Å². The number of hydrogen-bond donors (Lipinski definition) is 1. The van der Waals surface area contributed by atoms with E-state index >= 15 is 0 Å². The Kier molecular flexibility index (Phi) is 8.25. The van der Waals surface area contributed by atoms with Gasteiger partial charge in [-0.15, -0.1) is 10.2 Å². The molecule has 0 saturated heterocycles. The van der Waals surface area contributed by atoms with Crippen molar-refractivity contribution < 1.29 is 14.1 Å². The number of amides is 1. The largest absolute Gasteiger partial charge is 0.411 e. The number of non-ortho nitro benzene ring substituents is 1. The number of thioether (sulfide) groups is 1. The summed E-state index contributed by atoms with van der Waals surface area (Å²) in [6.45, 7) is 4.97. The van der Waals surface area contributed by atoms with Crippen molar-refractivity contribution in [2.24, 2.45) is 5.92 Å². The first-order chi connectivity index (χ1) is 13.0. The van der Waals surface area contributed by atoms with E-state index in [0.29, 0.717) is 18.0 Å². The fourth-order valence-electron chi connectivity index (χ4n) is 2.52. The summed E-state index contributed by atoms with van der Waals surface area (Å²) in [5.74, 6) is 0.792. The van der Waals surface area contributed by atoms with Gasteiger partial charge in [0.05, 0.1) is 10.7 Å². The molecule has 0 fully saturated rings. The van der Waals surface area contributed by atoms with Crippen LogP contribution < -0.4 is 5.32 Å². The summed E-state index contributed by atoms with van der Waals surface area (Å²) in [7, 11) is 0. The van der Waals surface area contributed by atoms with Crippen molar-refractivity contribution in [2.45, 2.75) is 44.8 Å². The summed E-state index contributed by atoms with van der Waals surface area (Å²) in [4.78, 5) is 22.4. The molecule has 1 heterocycles. The zero-order valence-corrected chi connectivity index (χ0v) is 16.3. The highest BCUT2D eigenvalue weighted by Crippen LogP contribution is 2.25. The second-order valence-electron chi connectivity index (χ2n) is 6.19. The van der Waals surface area contributed by atoms with Gasteiger partial charge in [-0.2, -0.15) is 0 Å². The molecular weight excluding hydrogens is 368 g/mol. The van der Waals surface area contributed by atoms with Crippen LogP contribution >= 0.6 is 11.8 Å². The minimum Gasteiger partial charge on any atom is -0.411 e. The Morgan fingerprint density at radius 3 is 2.89 bits per heavy atom. The molecule has 2 aromatic rings. The van der Waals surface area contributed by atoms with E-state index < -0.39 is 4.92 Å². The van der Waals surface area contributed by atoms with Gasteiger partial charge in [-0.25, -0.2) is 0 Å². The lowest BCUT2D eigenvalue weighted by molar-refractivity contribution is -0.384. The van der Waals surface area contributed by atoms with E-state index in [9.17, 15) is 14.9 Å². The smallest absolute Gasteiger partial charge is 0.277 e. The van der Waals surface area contributed by atoms with E-state index in [1.807, 2.05) is 0 Å². The second-order valence-corrected chi connectivity index (χ2v) is 7.12. The third-order valence-electron chi connectivity index (χ3n) is 4.17. The van der Waals surface area contributed by atoms with Crippen molar-refractivity contribution in [3.8, 4) is 11.5 Å². The molecule has 2 rings (SSSR count). The first-order valence-corrected chi connectivity index (χ1v) is 9.99. The van der Waals surface area contributed by atoms with E-state index in [2.05, 4.69) is 29.4 Å². The highest BCUT2D eigenvalue weighted by atomic mass is 32.2. The molecule has 27 heavy (non-hydrogen) atoms. The Hall–Kier alpha value is -2.42. The van der Waals surface area contributed by atoms with Crippen LogP contribution in [-0.4, -0.2) is 33.3 Å². The second kappa shape index (κ2) is 10.7. The first kappa shape index (κ1) is 20.9. The maximum Gasteiger partial charge on any atom is 0.277 e. The number of nitro groups is 1. The Balaban J connectivity index is 1.84. The molecule has 0 saturated carbocycles. The Labute approximate surface area is 162 Å². The summed E-state index contributed by atoms with van der Waals surface area (Å²) >= 11 is 1.15.